The van der Waals surface area contributed by atoms with Crippen LogP contribution in [-0.2, 0) is 32.3 Å². The molecule has 2 N–H and O–H groups in total. The van der Waals surface area contributed by atoms with E-state index in [0.29, 0.717) is 60.3 Å². The molecule has 4 unspecified atom stereocenters. The molecule has 0 aliphatic carbocycles. The van der Waals surface area contributed by atoms with Crippen molar-refractivity contribution in [3.8, 4) is 11.5 Å². The zero-order valence-electron chi connectivity index (χ0n) is 29.2. The third kappa shape index (κ3) is 6.64. The van der Waals surface area contributed by atoms with Crippen molar-refractivity contribution in [1.29, 1.82) is 0 Å². The number of rotatable bonds is 11. The first-order valence-electron chi connectivity index (χ1n) is 17.6. The number of nitrogens with zero attached hydrogens (tertiary/aromatic N) is 2. The summed E-state index contributed by atoms with van der Waals surface area (Å²) in [7, 11) is 4.47. The van der Waals surface area contributed by atoms with E-state index in [-0.39, 0.29) is 42.4 Å². The van der Waals surface area contributed by atoms with Crippen LogP contribution in [0, 0.1) is 17.3 Å². The van der Waals surface area contributed by atoms with Gasteiger partial charge in [-0.05, 0) is 48.2 Å². The number of piperidine rings is 2. The van der Waals surface area contributed by atoms with Gasteiger partial charge in [-0.15, -0.1) is 0 Å². The third-order valence-corrected chi connectivity index (χ3v) is 13.7. The van der Waals surface area contributed by atoms with E-state index >= 15 is 0 Å². The number of halogens is 2. The lowest BCUT2D eigenvalue weighted by Gasteiger charge is -2.55. The number of aliphatic carboxylic acids is 2. The molecule has 0 saturated carbocycles. The van der Waals surface area contributed by atoms with Gasteiger partial charge >= 0.3 is 23.9 Å². The van der Waals surface area contributed by atoms with Crippen LogP contribution in [0.1, 0.15) is 82.8 Å². The Morgan fingerprint density at radius 2 is 1.06 bits per heavy atom. The second-order valence-electron chi connectivity index (χ2n) is 15.7. The maximum atomic E-state index is 13.6. The minimum atomic E-state index is -1.35. The van der Waals surface area contributed by atoms with Crippen molar-refractivity contribution >= 4 is 47.1 Å². The molecule has 50 heavy (non-hydrogen) atoms. The number of carbonyl (C=O) groups is 4. The highest BCUT2D eigenvalue weighted by molar-refractivity contribution is 6.32. The number of quaternary nitrogens is 2. The highest BCUT2D eigenvalue weighted by Gasteiger charge is 2.64. The summed E-state index contributed by atoms with van der Waals surface area (Å²) in [6, 6.07) is 11.8. The van der Waals surface area contributed by atoms with Gasteiger partial charge in [0.15, 0.2) is 0 Å². The molecular formula is C38H48Cl2N2O8+2. The maximum absolute atomic E-state index is 13.6. The Hall–Kier alpha value is -3.18. The van der Waals surface area contributed by atoms with Crippen LogP contribution in [-0.4, -0.2) is 81.3 Å². The summed E-state index contributed by atoms with van der Waals surface area (Å²) >= 11 is 12.9. The zero-order valence-corrected chi connectivity index (χ0v) is 30.7. The van der Waals surface area contributed by atoms with Crippen molar-refractivity contribution in [3.63, 3.8) is 0 Å². The minimum absolute atomic E-state index is 0.194. The first-order chi connectivity index (χ1) is 23.5. The van der Waals surface area contributed by atoms with Crippen molar-refractivity contribution in [1.82, 2.24) is 0 Å². The van der Waals surface area contributed by atoms with Gasteiger partial charge in [0.1, 0.15) is 24.6 Å². The SMILES string of the molecule is CC(=O)Oc1ccc(C[N+]2(C)C3CCC2CC(C(CC(=O)O)(C(=O)O)C2CC4CCC(C2)[N+]4(C)Cc2ccc(OC(C)=O)c(Cl)c2)C3)cc1Cl. The molecule has 10 nitrogen and oxygen atoms in total. The van der Waals surface area contributed by atoms with Crippen LogP contribution >= 0.6 is 23.2 Å². The summed E-state index contributed by atoms with van der Waals surface area (Å²) in [5.74, 6) is -2.74. The molecule has 270 valence electrons. The van der Waals surface area contributed by atoms with Crippen LogP contribution in [0.15, 0.2) is 36.4 Å². The predicted molar refractivity (Wildman–Crippen MR) is 187 cm³/mol. The first-order valence-corrected chi connectivity index (χ1v) is 18.4. The normalized spacial score (nSPS) is 32.6. The number of benzene rings is 2. The molecule has 0 aromatic heterocycles. The summed E-state index contributed by atoms with van der Waals surface area (Å²) in [6.07, 6.45) is 6.13. The van der Waals surface area contributed by atoms with Crippen LogP contribution in [0.5, 0.6) is 11.5 Å². The predicted octanol–water partition coefficient (Wildman–Crippen LogP) is 6.87. The van der Waals surface area contributed by atoms with E-state index in [4.69, 9.17) is 32.7 Å². The van der Waals surface area contributed by atoms with Crippen LogP contribution in [0.2, 0.25) is 10.0 Å². The highest BCUT2D eigenvalue weighted by Crippen LogP contribution is 2.59. The molecule has 4 saturated heterocycles. The fourth-order valence-electron chi connectivity index (χ4n) is 10.7. The van der Waals surface area contributed by atoms with E-state index in [1.807, 2.05) is 24.3 Å². The summed E-state index contributed by atoms with van der Waals surface area (Å²) in [4.78, 5) is 49.2. The topological polar surface area (TPSA) is 127 Å². The number of esters is 2. The van der Waals surface area contributed by atoms with Gasteiger partial charge in [0, 0.05) is 76.3 Å². The van der Waals surface area contributed by atoms with Crippen LogP contribution in [0.3, 0.4) is 0 Å². The lowest BCUT2D eigenvalue weighted by Crippen LogP contribution is -2.63. The fraction of sp³-hybridized carbons (Fsp3) is 0.579. The summed E-state index contributed by atoms with van der Waals surface area (Å²) in [6.45, 7) is 4.08. The van der Waals surface area contributed by atoms with Crippen LogP contribution in [0.25, 0.3) is 0 Å². The minimum Gasteiger partial charge on any atom is -0.481 e. The standard InChI is InChI=1S/C38H46Cl2N2O8/c1-22(43)49-34-11-5-24(13-32(34)39)20-41(3)28-7-8-29(41)16-26(15-28)38(37(47)48,19-36(45)46)27-17-30-9-10-31(18-27)42(30,4)21-25-6-12-35(33(40)14-25)50-23(2)44/h5-6,11-14,26-31H,7-10,15-21H2,1-4H3/p+2. The molecule has 12 heteroatoms. The molecule has 2 aromatic carbocycles. The van der Waals surface area contributed by atoms with E-state index in [1.165, 1.54) is 13.8 Å². The quantitative estimate of drug-likeness (QED) is 0.146. The Morgan fingerprint density at radius 1 is 0.700 bits per heavy atom. The Morgan fingerprint density at radius 3 is 1.34 bits per heavy atom. The molecule has 6 rings (SSSR count). The molecule has 2 aromatic rings. The van der Waals surface area contributed by atoms with Gasteiger partial charge < -0.3 is 28.7 Å². The molecule has 4 aliphatic rings. The van der Waals surface area contributed by atoms with Crippen molar-refractivity contribution < 1.29 is 47.8 Å². The number of carboxylic acids is 2. The van der Waals surface area contributed by atoms with E-state index in [0.717, 1.165) is 45.8 Å². The van der Waals surface area contributed by atoms with Crippen LogP contribution < -0.4 is 9.47 Å². The van der Waals surface area contributed by atoms with Crippen molar-refractivity contribution in [2.75, 3.05) is 14.1 Å². The number of carbonyl (C=O) groups excluding carboxylic acids is 2. The molecule has 4 atom stereocenters. The number of hydrogen-bond donors (Lipinski definition) is 2. The van der Waals surface area contributed by atoms with Gasteiger partial charge in [-0.2, -0.15) is 0 Å². The summed E-state index contributed by atoms with van der Waals surface area (Å²) < 4.78 is 11.9. The molecule has 0 spiro atoms. The largest absolute Gasteiger partial charge is 0.481 e. The Bertz CT molecular complexity index is 1560. The second kappa shape index (κ2) is 13.7. The molecule has 4 bridgehead atoms. The van der Waals surface area contributed by atoms with Crippen LogP contribution in [0.4, 0.5) is 0 Å². The number of fused-ring (bicyclic) bond motifs is 4. The molecule has 0 amide bonds. The van der Waals surface area contributed by atoms with Gasteiger partial charge in [-0.3, -0.25) is 19.2 Å². The average molecular weight is 732 g/mol. The average Bonchev–Trinajstić information content (AvgIpc) is 3.27. The monoisotopic (exact) mass is 730 g/mol. The zero-order chi connectivity index (χ0) is 36.2. The van der Waals surface area contributed by atoms with Gasteiger partial charge in [0.2, 0.25) is 0 Å². The Labute approximate surface area is 303 Å². The van der Waals surface area contributed by atoms with E-state index in [1.54, 1.807) is 12.1 Å². The highest BCUT2D eigenvalue weighted by atomic mass is 35.5. The smallest absolute Gasteiger partial charge is 0.310 e. The fourth-order valence-corrected chi connectivity index (χ4v) is 11.2. The second-order valence-corrected chi connectivity index (χ2v) is 16.6. The van der Waals surface area contributed by atoms with Gasteiger partial charge in [-0.1, -0.05) is 23.2 Å². The number of carboxylic acid groups (broad SMARTS) is 2. The maximum Gasteiger partial charge on any atom is 0.310 e. The molecule has 0 radical (unpaired) electrons. The molecule has 4 fully saturated rings. The van der Waals surface area contributed by atoms with Gasteiger partial charge in [0.25, 0.3) is 0 Å². The Balaban J connectivity index is 1.23. The summed E-state index contributed by atoms with van der Waals surface area (Å²) in [5.41, 5.74) is 0.678. The van der Waals surface area contributed by atoms with Crippen molar-refractivity contribution in [3.05, 3.63) is 57.6 Å². The van der Waals surface area contributed by atoms with E-state index in [2.05, 4.69) is 14.1 Å². The van der Waals surface area contributed by atoms with Crippen molar-refractivity contribution in [2.45, 2.75) is 109 Å². The summed E-state index contributed by atoms with van der Waals surface area (Å²) in [5, 5.41) is 22.2. The van der Waals surface area contributed by atoms with E-state index in [9.17, 15) is 29.4 Å². The van der Waals surface area contributed by atoms with Crippen molar-refractivity contribution in [2.24, 2.45) is 17.3 Å². The Kier molecular flexibility index (Phi) is 10.1. The van der Waals surface area contributed by atoms with Gasteiger partial charge in [0.05, 0.1) is 60.1 Å². The molecule has 4 heterocycles. The lowest BCUT2D eigenvalue weighted by molar-refractivity contribution is -0.963. The molecular weight excluding hydrogens is 683 g/mol. The van der Waals surface area contributed by atoms with E-state index < -0.39 is 29.3 Å². The number of ether oxygens (including phenoxy) is 2. The number of hydrogen-bond acceptors (Lipinski definition) is 6. The first kappa shape index (κ1) is 36.6. The third-order valence-electron chi connectivity index (χ3n) is 13.1. The van der Waals surface area contributed by atoms with Gasteiger partial charge in [-0.25, -0.2) is 0 Å². The lowest BCUT2D eigenvalue weighted by atomic mass is 9.57. The molecule has 4 aliphatic heterocycles.